The molecular weight excluding hydrogens is 232 g/mol. The van der Waals surface area contributed by atoms with Gasteiger partial charge in [0.1, 0.15) is 11.8 Å². The van der Waals surface area contributed by atoms with Crippen molar-refractivity contribution in [1.82, 2.24) is 10.3 Å². The van der Waals surface area contributed by atoms with E-state index in [0.29, 0.717) is 6.42 Å². The highest BCUT2D eigenvalue weighted by atomic mass is 16.4. The summed E-state index contributed by atoms with van der Waals surface area (Å²) in [6.07, 6.45) is 0.382. The predicted molar refractivity (Wildman–Crippen MR) is 66.6 cm³/mol. The number of aliphatic carboxylic acids is 1. The number of carboxylic acids is 1. The fourth-order valence-corrected chi connectivity index (χ4v) is 2.71. The van der Waals surface area contributed by atoms with Crippen LogP contribution < -0.4 is 5.32 Å². The maximum Gasteiger partial charge on any atom is 0.321 e. The summed E-state index contributed by atoms with van der Waals surface area (Å²) in [6, 6.07) is 4.61. The van der Waals surface area contributed by atoms with Gasteiger partial charge in [0.2, 0.25) is 0 Å². The first-order chi connectivity index (χ1) is 8.58. The van der Waals surface area contributed by atoms with Gasteiger partial charge >= 0.3 is 5.97 Å². The number of hydrogen-bond acceptors (Lipinski definition) is 3. The molecule has 2 aromatic rings. The van der Waals surface area contributed by atoms with Crippen molar-refractivity contribution in [2.45, 2.75) is 25.4 Å². The SMILES string of the molecule is C[C@H]1N[C@H](C(=O)O)Cc2c1[nH]c1cccc(O)c21. The molecule has 0 radical (unpaired) electrons. The number of fused-ring (bicyclic) bond motifs is 3. The number of carbonyl (C=O) groups is 1. The number of nitrogens with one attached hydrogen (secondary N) is 2. The third kappa shape index (κ3) is 1.48. The Bertz CT molecular complexity index is 632. The van der Waals surface area contributed by atoms with E-state index < -0.39 is 12.0 Å². The zero-order chi connectivity index (χ0) is 12.9. The van der Waals surface area contributed by atoms with E-state index in [9.17, 15) is 9.90 Å². The molecule has 0 amide bonds. The van der Waals surface area contributed by atoms with Gasteiger partial charge in [0.25, 0.3) is 0 Å². The Labute approximate surface area is 103 Å². The third-order valence-corrected chi connectivity index (χ3v) is 3.53. The van der Waals surface area contributed by atoms with Crippen LogP contribution in [0.4, 0.5) is 0 Å². The van der Waals surface area contributed by atoms with Gasteiger partial charge in [-0.05, 0) is 24.6 Å². The van der Waals surface area contributed by atoms with Crippen LogP contribution in [0.15, 0.2) is 18.2 Å². The topological polar surface area (TPSA) is 85.4 Å². The molecule has 0 saturated heterocycles. The van der Waals surface area contributed by atoms with E-state index in [0.717, 1.165) is 22.2 Å². The predicted octanol–water partition coefficient (Wildman–Crippen LogP) is 1.53. The molecule has 0 unspecified atom stereocenters. The molecule has 0 fully saturated rings. The number of carboxylic acid groups (broad SMARTS) is 1. The highest BCUT2D eigenvalue weighted by molar-refractivity contribution is 5.91. The Hall–Kier alpha value is -2.01. The quantitative estimate of drug-likeness (QED) is 0.614. The summed E-state index contributed by atoms with van der Waals surface area (Å²) in [7, 11) is 0. The number of aromatic nitrogens is 1. The van der Waals surface area contributed by atoms with Gasteiger partial charge in [-0.1, -0.05) is 6.07 Å². The van der Waals surface area contributed by atoms with Crippen LogP contribution in [0.5, 0.6) is 5.75 Å². The van der Waals surface area contributed by atoms with Crippen LogP contribution in [-0.4, -0.2) is 27.2 Å². The van der Waals surface area contributed by atoms with Crippen molar-refractivity contribution in [2.75, 3.05) is 0 Å². The van der Waals surface area contributed by atoms with E-state index in [1.165, 1.54) is 0 Å². The normalized spacial score (nSPS) is 22.9. The number of H-pyrrole nitrogens is 1. The summed E-state index contributed by atoms with van der Waals surface area (Å²) in [6.45, 7) is 1.92. The number of hydrogen-bond donors (Lipinski definition) is 4. The summed E-state index contributed by atoms with van der Waals surface area (Å²) in [5.74, 6) is -0.666. The minimum atomic E-state index is -0.864. The standard InChI is InChI=1S/C13H14N2O3/c1-6-12-7(5-9(14-6)13(17)18)11-8(15-12)3-2-4-10(11)16/h2-4,6,9,14-16H,5H2,1H3,(H,17,18)/t6-,9+/m1/s1. The third-order valence-electron chi connectivity index (χ3n) is 3.53. The smallest absolute Gasteiger partial charge is 0.321 e. The molecule has 0 spiro atoms. The van der Waals surface area contributed by atoms with E-state index in [2.05, 4.69) is 10.3 Å². The van der Waals surface area contributed by atoms with E-state index in [1.54, 1.807) is 12.1 Å². The Morgan fingerprint density at radius 2 is 2.22 bits per heavy atom. The van der Waals surface area contributed by atoms with Crippen molar-refractivity contribution in [3.63, 3.8) is 0 Å². The van der Waals surface area contributed by atoms with Crippen molar-refractivity contribution < 1.29 is 15.0 Å². The molecule has 18 heavy (non-hydrogen) atoms. The molecule has 94 valence electrons. The molecule has 2 atom stereocenters. The molecule has 1 aromatic heterocycles. The zero-order valence-corrected chi connectivity index (χ0v) is 9.90. The average Bonchev–Trinajstić information content (AvgIpc) is 2.69. The second kappa shape index (κ2) is 3.74. The summed E-state index contributed by atoms with van der Waals surface area (Å²) in [5.41, 5.74) is 2.71. The fourth-order valence-electron chi connectivity index (χ4n) is 2.71. The van der Waals surface area contributed by atoms with Crippen molar-refractivity contribution >= 4 is 16.9 Å². The maximum atomic E-state index is 11.1. The summed E-state index contributed by atoms with van der Waals surface area (Å²) < 4.78 is 0. The van der Waals surface area contributed by atoms with Gasteiger partial charge < -0.3 is 15.2 Å². The number of phenols is 1. The van der Waals surface area contributed by atoms with Gasteiger partial charge in [0, 0.05) is 29.1 Å². The second-order valence-electron chi connectivity index (χ2n) is 4.70. The molecular formula is C13H14N2O3. The molecule has 1 aliphatic rings. The Morgan fingerprint density at radius 1 is 1.44 bits per heavy atom. The second-order valence-corrected chi connectivity index (χ2v) is 4.70. The van der Waals surface area contributed by atoms with Crippen LogP contribution >= 0.6 is 0 Å². The van der Waals surface area contributed by atoms with Crippen molar-refractivity contribution in [3.05, 3.63) is 29.5 Å². The molecule has 0 aliphatic carbocycles. The first-order valence-corrected chi connectivity index (χ1v) is 5.89. The van der Waals surface area contributed by atoms with Gasteiger partial charge in [0.15, 0.2) is 0 Å². The fraction of sp³-hybridized carbons (Fsp3) is 0.308. The van der Waals surface area contributed by atoms with Crippen LogP contribution in [0, 0.1) is 0 Å². The van der Waals surface area contributed by atoms with E-state index in [-0.39, 0.29) is 11.8 Å². The molecule has 5 heteroatoms. The molecule has 0 saturated carbocycles. The average molecular weight is 246 g/mol. The lowest BCUT2D eigenvalue weighted by molar-refractivity contribution is -0.139. The lowest BCUT2D eigenvalue weighted by Gasteiger charge is -2.26. The van der Waals surface area contributed by atoms with Gasteiger partial charge in [-0.3, -0.25) is 10.1 Å². The number of aromatic amines is 1. The Balaban J connectivity index is 2.22. The molecule has 0 bridgehead atoms. The maximum absolute atomic E-state index is 11.1. The first-order valence-electron chi connectivity index (χ1n) is 5.89. The van der Waals surface area contributed by atoms with E-state index in [1.807, 2.05) is 13.0 Å². The summed E-state index contributed by atoms with van der Waals surface area (Å²) >= 11 is 0. The highest BCUT2D eigenvalue weighted by Gasteiger charge is 2.31. The Morgan fingerprint density at radius 3 is 2.94 bits per heavy atom. The van der Waals surface area contributed by atoms with Crippen molar-refractivity contribution in [1.29, 1.82) is 0 Å². The number of phenolic OH excluding ortho intramolecular Hbond substituents is 1. The number of aromatic hydroxyl groups is 1. The Kier molecular flexibility index (Phi) is 2.31. The van der Waals surface area contributed by atoms with Crippen molar-refractivity contribution in [3.8, 4) is 5.75 Å². The van der Waals surface area contributed by atoms with Crippen LogP contribution in [0.3, 0.4) is 0 Å². The van der Waals surface area contributed by atoms with Gasteiger partial charge in [0.05, 0.1) is 0 Å². The molecule has 2 heterocycles. The first kappa shape index (κ1) is 11.1. The van der Waals surface area contributed by atoms with Gasteiger partial charge in [-0.25, -0.2) is 0 Å². The lowest BCUT2D eigenvalue weighted by Crippen LogP contribution is -2.43. The lowest BCUT2D eigenvalue weighted by atomic mass is 9.94. The number of rotatable bonds is 1. The van der Waals surface area contributed by atoms with Crippen LogP contribution in [0.1, 0.15) is 24.2 Å². The van der Waals surface area contributed by atoms with Crippen molar-refractivity contribution in [2.24, 2.45) is 0 Å². The van der Waals surface area contributed by atoms with Gasteiger partial charge in [-0.2, -0.15) is 0 Å². The highest BCUT2D eigenvalue weighted by Crippen LogP contribution is 2.36. The zero-order valence-electron chi connectivity index (χ0n) is 9.90. The van der Waals surface area contributed by atoms with Crippen LogP contribution in [0.2, 0.25) is 0 Å². The molecule has 1 aliphatic heterocycles. The minimum absolute atomic E-state index is 0.0679. The molecule has 5 nitrogen and oxygen atoms in total. The molecule has 1 aromatic carbocycles. The number of benzene rings is 1. The van der Waals surface area contributed by atoms with Crippen LogP contribution in [0.25, 0.3) is 10.9 Å². The monoisotopic (exact) mass is 246 g/mol. The van der Waals surface area contributed by atoms with Gasteiger partial charge in [-0.15, -0.1) is 0 Å². The summed E-state index contributed by atoms with van der Waals surface area (Å²) in [5, 5.41) is 22.8. The van der Waals surface area contributed by atoms with E-state index in [4.69, 9.17) is 5.11 Å². The van der Waals surface area contributed by atoms with E-state index >= 15 is 0 Å². The molecule has 4 N–H and O–H groups in total. The van der Waals surface area contributed by atoms with Crippen LogP contribution in [-0.2, 0) is 11.2 Å². The minimum Gasteiger partial charge on any atom is -0.507 e. The summed E-state index contributed by atoms with van der Waals surface area (Å²) in [4.78, 5) is 14.4. The largest absolute Gasteiger partial charge is 0.507 e. The molecule has 3 rings (SSSR count).